The Kier molecular flexibility index (Phi) is 6.35. The predicted octanol–water partition coefficient (Wildman–Crippen LogP) is 2.75. The van der Waals surface area contributed by atoms with Crippen LogP contribution in [0.4, 0.5) is 4.79 Å². The number of nitrogens with one attached hydrogen (secondary N) is 1. The topological polar surface area (TPSA) is 57.2 Å². The number of aliphatic imine (C=N–C) groups is 1. The quantitative estimate of drug-likeness (QED) is 0.685. The van der Waals surface area contributed by atoms with Crippen molar-refractivity contribution >= 4 is 47.4 Å². The maximum atomic E-state index is 12.2. The number of amides is 1. The molecule has 0 aliphatic carbocycles. The van der Waals surface area contributed by atoms with E-state index in [-0.39, 0.29) is 36.1 Å². The number of piperazine rings is 1. The predicted molar refractivity (Wildman–Crippen MR) is 107 cm³/mol. The largest absolute Gasteiger partial charge is 0.444 e. The average Bonchev–Trinajstić information content (AvgIpc) is 3.12. The fourth-order valence-corrected chi connectivity index (χ4v) is 3.47. The molecule has 0 bridgehead atoms. The Morgan fingerprint density at radius 1 is 1.46 bits per heavy atom. The lowest BCUT2D eigenvalue weighted by Crippen LogP contribution is -2.57. The van der Waals surface area contributed by atoms with Crippen LogP contribution in [0.15, 0.2) is 21.8 Å². The van der Waals surface area contributed by atoms with Crippen molar-refractivity contribution in [3.8, 4) is 0 Å². The van der Waals surface area contributed by atoms with E-state index >= 15 is 0 Å². The van der Waals surface area contributed by atoms with Crippen LogP contribution < -0.4 is 5.32 Å². The summed E-state index contributed by atoms with van der Waals surface area (Å²) in [6, 6.07) is 2.37. The van der Waals surface area contributed by atoms with Gasteiger partial charge in [-0.1, -0.05) is 0 Å². The highest BCUT2D eigenvalue weighted by atomic mass is 127. The highest BCUT2D eigenvalue weighted by Crippen LogP contribution is 2.19. The van der Waals surface area contributed by atoms with Crippen LogP contribution in [0.1, 0.15) is 26.3 Å². The summed E-state index contributed by atoms with van der Waals surface area (Å²) in [5, 5.41) is 7.63. The molecule has 134 valence electrons. The van der Waals surface area contributed by atoms with Crippen molar-refractivity contribution < 1.29 is 9.53 Å². The molecule has 3 heterocycles. The molecule has 3 rings (SSSR count). The molecule has 2 aliphatic rings. The van der Waals surface area contributed by atoms with Crippen LogP contribution in [0, 0.1) is 0 Å². The molecular weight excluding hydrogens is 439 g/mol. The molecule has 1 unspecified atom stereocenters. The van der Waals surface area contributed by atoms with Crippen LogP contribution in [0.5, 0.6) is 0 Å². The molecule has 1 N–H and O–H groups in total. The van der Waals surface area contributed by atoms with E-state index in [0.29, 0.717) is 13.1 Å². The molecule has 1 saturated heterocycles. The number of ether oxygens (including phenoxy) is 1. The number of fused-ring (bicyclic) bond motifs is 1. The van der Waals surface area contributed by atoms with Crippen molar-refractivity contribution in [1.82, 2.24) is 15.1 Å². The van der Waals surface area contributed by atoms with Crippen molar-refractivity contribution in [3.05, 3.63) is 22.4 Å². The van der Waals surface area contributed by atoms with Crippen molar-refractivity contribution in [2.24, 2.45) is 4.99 Å². The summed E-state index contributed by atoms with van der Waals surface area (Å²) in [6.45, 7) is 9.34. The molecule has 0 radical (unpaired) electrons. The SMILES string of the molecule is CC(C)(C)OC(=O)N1CCN2C(NCc3ccsc3)=NCC2C1.I. The van der Waals surface area contributed by atoms with Gasteiger partial charge < -0.3 is 19.9 Å². The second-order valence-electron chi connectivity index (χ2n) is 6.92. The summed E-state index contributed by atoms with van der Waals surface area (Å²) in [4.78, 5) is 20.9. The number of guanidine groups is 1. The summed E-state index contributed by atoms with van der Waals surface area (Å²) in [7, 11) is 0. The molecule has 0 aromatic carbocycles. The van der Waals surface area contributed by atoms with Gasteiger partial charge in [-0.05, 0) is 43.2 Å². The number of hydrogen-bond acceptors (Lipinski definition) is 6. The van der Waals surface area contributed by atoms with Gasteiger partial charge in [0.15, 0.2) is 5.96 Å². The molecule has 2 aliphatic heterocycles. The Morgan fingerprint density at radius 2 is 2.25 bits per heavy atom. The zero-order valence-corrected chi connectivity index (χ0v) is 17.5. The third-order valence-electron chi connectivity index (χ3n) is 3.89. The Bertz CT molecular complexity index is 585. The van der Waals surface area contributed by atoms with E-state index in [1.165, 1.54) is 5.56 Å². The van der Waals surface area contributed by atoms with Crippen LogP contribution in [-0.2, 0) is 11.3 Å². The van der Waals surface area contributed by atoms with Crippen LogP contribution in [0.25, 0.3) is 0 Å². The number of carbonyl (C=O) groups excluding carboxylic acids is 1. The van der Waals surface area contributed by atoms with E-state index in [0.717, 1.165) is 25.6 Å². The first-order chi connectivity index (χ1) is 10.9. The van der Waals surface area contributed by atoms with Crippen LogP contribution in [0.2, 0.25) is 0 Å². The first kappa shape index (κ1) is 19.3. The van der Waals surface area contributed by atoms with Gasteiger partial charge in [0.1, 0.15) is 5.60 Å². The summed E-state index contributed by atoms with van der Waals surface area (Å²) in [5.41, 5.74) is 0.821. The minimum absolute atomic E-state index is 0. The zero-order valence-electron chi connectivity index (χ0n) is 14.3. The third kappa shape index (κ3) is 4.75. The highest BCUT2D eigenvalue weighted by molar-refractivity contribution is 14.0. The van der Waals surface area contributed by atoms with Crippen molar-refractivity contribution in [3.63, 3.8) is 0 Å². The van der Waals surface area contributed by atoms with Gasteiger partial charge in [0.25, 0.3) is 0 Å². The second-order valence-corrected chi connectivity index (χ2v) is 7.70. The molecule has 24 heavy (non-hydrogen) atoms. The number of halogens is 1. The van der Waals surface area contributed by atoms with E-state index in [2.05, 4.69) is 32.0 Å². The van der Waals surface area contributed by atoms with Crippen molar-refractivity contribution in [2.45, 2.75) is 39.0 Å². The Morgan fingerprint density at radius 3 is 2.92 bits per heavy atom. The average molecular weight is 464 g/mol. The van der Waals surface area contributed by atoms with Gasteiger partial charge in [0.2, 0.25) is 0 Å². The maximum Gasteiger partial charge on any atom is 0.410 e. The lowest BCUT2D eigenvalue weighted by molar-refractivity contribution is 0.0137. The highest BCUT2D eigenvalue weighted by Gasteiger charge is 2.36. The smallest absolute Gasteiger partial charge is 0.410 e. The molecule has 0 spiro atoms. The minimum atomic E-state index is -0.451. The van der Waals surface area contributed by atoms with E-state index < -0.39 is 5.60 Å². The van der Waals surface area contributed by atoms with Gasteiger partial charge in [-0.3, -0.25) is 4.99 Å². The lowest BCUT2D eigenvalue weighted by Gasteiger charge is -2.39. The molecule has 1 aromatic heterocycles. The van der Waals surface area contributed by atoms with Gasteiger partial charge in [-0.25, -0.2) is 4.79 Å². The van der Waals surface area contributed by atoms with Gasteiger partial charge in [0, 0.05) is 26.2 Å². The molecule has 1 amide bonds. The zero-order chi connectivity index (χ0) is 16.4. The van der Waals surface area contributed by atoms with E-state index in [1.807, 2.05) is 20.8 Å². The molecule has 1 fully saturated rings. The number of rotatable bonds is 2. The Balaban J connectivity index is 0.00000208. The van der Waals surface area contributed by atoms with E-state index in [4.69, 9.17) is 4.74 Å². The number of nitrogens with zero attached hydrogens (tertiary/aromatic N) is 3. The van der Waals surface area contributed by atoms with E-state index in [9.17, 15) is 4.79 Å². The molecular formula is C16H25IN4O2S. The van der Waals surface area contributed by atoms with Crippen LogP contribution >= 0.6 is 35.3 Å². The standard InChI is InChI=1S/C16H24N4O2S.HI/c1-16(2,3)22-15(21)19-5-6-20-13(10-19)9-18-14(20)17-8-12-4-7-23-11-12;/h4,7,11,13H,5-6,8-10H2,1-3H3,(H,17,18);1H. The van der Waals surface area contributed by atoms with Gasteiger partial charge in [-0.2, -0.15) is 11.3 Å². The Labute approximate surface area is 164 Å². The molecule has 8 heteroatoms. The lowest BCUT2D eigenvalue weighted by atomic mass is 10.2. The van der Waals surface area contributed by atoms with Crippen molar-refractivity contribution in [1.29, 1.82) is 0 Å². The first-order valence-electron chi connectivity index (χ1n) is 7.96. The van der Waals surface area contributed by atoms with Gasteiger partial charge in [0.05, 0.1) is 12.6 Å². The molecule has 1 aromatic rings. The minimum Gasteiger partial charge on any atom is -0.444 e. The first-order valence-corrected chi connectivity index (χ1v) is 8.90. The Hall–Kier alpha value is -1.03. The fourth-order valence-electron chi connectivity index (χ4n) is 2.80. The second kappa shape index (κ2) is 7.90. The maximum absolute atomic E-state index is 12.2. The monoisotopic (exact) mass is 464 g/mol. The van der Waals surface area contributed by atoms with Gasteiger partial charge in [-0.15, -0.1) is 24.0 Å². The van der Waals surface area contributed by atoms with Crippen LogP contribution in [0.3, 0.4) is 0 Å². The number of hydrogen-bond donors (Lipinski definition) is 1. The number of thiophene rings is 1. The summed E-state index contributed by atoms with van der Waals surface area (Å²) in [6.07, 6.45) is -0.225. The van der Waals surface area contributed by atoms with Crippen LogP contribution in [-0.4, -0.2) is 59.7 Å². The fraction of sp³-hybridized carbons (Fsp3) is 0.625. The molecule has 0 saturated carbocycles. The van der Waals surface area contributed by atoms with Crippen molar-refractivity contribution in [2.75, 3.05) is 26.2 Å². The summed E-state index contributed by atoms with van der Waals surface area (Å²) in [5.74, 6) is 0.949. The van der Waals surface area contributed by atoms with E-state index in [1.54, 1.807) is 16.2 Å². The normalized spacial score (nSPS) is 20.1. The molecule has 1 atom stereocenters. The molecule has 6 nitrogen and oxygen atoms in total. The summed E-state index contributed by atoms with van der Waals surface area (Å²) >= 11 is 1.70. The van der Waals surface area contributed by atoms with Gasteiger partial charge >= 0.3 is 6.09 Å². The third-order valence-corrected chi connectivity index (χ3v) is 4.62. The number of carbonyl (C=O) groups is 1. The summed E-state index contributed by atoms with van der Waals surface area (Å²) < 4.78 is 5.47.